The van der Waals surface area contributed by atoms with Crippen LogP contribution in [0.4, 0.5) is 0 Å². The van der Waals surface area contributed by atoms with Crippen molar-refractivity contribution in [2.45, 2.75) is 24.9 Å². The second-order valence-corrected chi connectivity index (χ2v) is 6.84. The molecule has 0 amide bonds. The number of sulfonamides is 1. The van der Waals surface area contributed by atoms with Crippen molar-refractivity contribution in [1.29, 1.82) is 0 Å². The van der Waals surface area contributed by atoms with Gasteiger partial charge >= 0.3 is 0 Å². The topological polar surface area (TPSA) is 71.3 Å². The number of aryl methyl sites for hydroxylation is 1. The lowest BCUT2D eigenvalue weighted by atomic mass is 10.4. The summed E-state index contributed by atoms with van der Waals surface area (Å²) in [5.41, 5.74) is 0. The van der Waals surface area contributed by atoms with E-state index in [2.05, 4.69) is 10.0 Å². The number of thiophene rings is 1. The molecule has 0 saturated carbocycles. The van der Waals surface area contributed by atoms with Gasteiger partial charge < -0.3 is 9.73 Å². The average Bonchev–Trinajstić information content (AvgIpc) is 2.97. The maximum Gasteiger partial charge on any atom is 0.244 e. The van der Waals surface area contributed by atoms with Gasteiger partial charge in [-0.05, 0) is 25.4 Å². The lowest BCUT2D eigenvalue weighted by Crippen LogP contribution is -2.23. The Hall–Kier alpha value is -1.15. The van der Waals surface area contributed by atoms with Crippen molar-refractivity contribution < 1.29 is 12.8 Å². The standard InChI is InChI=1S/C12H16N2O3S2/c1-9-12(6-10(17-9)7-13-2)19(15,16)14-8-11-4-3-5-18-11/h3-6,13-14H,7-8H2,1-2H3. The van der Waals surface area contributed by atoms with Crippen LogP contribution in [0, 0.1) is 6.92 Å². The van der Waals surface area contributed by atoms with Crippen molar-refractivity contribution in [2.75, 3.05) is 7.05 Å². The molecule has 0 spiro atoms. The fourth-order valence-electron chi connectivity index (χ4n) is 1.71. The van der Waals surface area contributed by atoms with Crippen LogP contribution in [-0.2, 0) is 23.1 Å². The summed E-state index contributed by atoms with van der Waals surface area (Å²) in [5, 5.41) is 4.84. The first-order valence-electron chi connectivity index (χ1n) is 5.79. The number of furan rings is 1. The SMILES string of the molecule is CNCc1cc(S(=O)(=O)NCc2cccs2)c(C)o1. The van der Waals surface area contributed by atoms with E-state index in [1.165, 1.54) is 11.3 Å². The molecule has 7 heteroatoms. The molecular weight excluding hydrogens is 284 g/mol. The average molecular weight is 300 g/mol. The molecule has 0 aliphatic heterocycles. The summed E-state index contributed by atoms with van der Waals surface area (Å²) >= 11 is 1.52. The molecule has 2 aromatic rings. The van der Waals surface area contributed by atoms with Gasteiger partial charge in [0.2, 0.25) is 10.0 Å². The Morgan fingerprint density at radius 1 is 1.37 bits per heavy atom. The van der Waals surface area contributed by atoms with Crippen LogP contribution in [0.5, 0.6) is 0 Å². The van der Waals surface area contributed by atoms with E-state index in [-0.39, 0.29) is 4.90 Å². The molecule has 0 bridgehead atoms. The largest absolute Gasteiger partial charge is 0.464 e. The van der Waals surface area contributed by atoms with Gasteiger partial charge in [-0.2, -0.15) is 0 Å². The second kappa shape index (κ2) is 5.87. The van der Waals surface area contributed by atoms with Crippen LogP contribution in [0.1, 0.15) is 16.4 Å². The minimum atomic E-state index is -3.53. The molecule has 0 fully saturated rings. The first-order valence-corrected chi connectivity index (χ1v) is 8.15. The summed E-state index contributed by atoms with van der Waals surface area (Å²) in [7, 11) is -1.75. The van der Waals surface area contributed by atoms with Gasteiger partial charge in [-0.1, -0.05) is 6.07 Å². The fraction of sp³-hybridized carbons (Fsp3) is 0.333. The maximum atomic E-state index is 12.2. The smallest absolute Gasteiger partial charge is 0.244 e. The molecule has 2 rings (SSSR count). The van der Waals surface area contributed by atoms with Crippen LogP contribution >= 0.6 is 11.3 Å². The van der Waals surface area contributed by atoms with Crippen molar-refractivity contribution in [1.82, 2.24) is 10.0 Å². The summed E-state index contributed by atoms with van der Waals surface area (Å²) in [5.74, 6) is 1.01. The third kappa shape index (κ3) is 3.44. The van der Waals surface area contributed by atoms with Crippen LogP contribution in [0.25, 0.3) is 0 Å². The Kier molecular flexibility index (Phi) is 4.41. The first kappa shape index (κ1) is 14.3. The molecule has 5 nitrogen and oxygen atoms in total. The molecule has 2 N–H and O–H groups in total. The predicted molar refractivity (Wildman–Crippen MR) is 74.6 cm³/mol. The van der Waals surface area contributed by atoms with Gasteiger partial charge in [0.05, 0.1) is 6.54 Å². The van der Waals surface area contributed by atoms with Gasteiger partial charge in [0.25, 0.3) is 0 Å². The van der Waals surface area contributed by atoms with E-state index in [0.29, 0.717) is 24.6 Å². The highest BCUT2D eigenvalue weighted by Crippen LogP contribution is 2.20. The molecule has 2 aromatic heterocycles. The normalized spacial score (nSPS) is 11.9. The van der Waals surface area contributed by atoms with Crippen molar-refractivity contribution in [2.24, 2.45) is 0 Å². The van der Waals surface area contributed by atoms with Crippen LogP contribution in [-0.4, -0.2) is 15.5 Å². The third-order valence-corrected chi connectivity index (χ3v) is 4.97. The van der Waals surface area contributed by atoms with Gasteiger partial charge in [0.1, 0.15) is 16.4 Å². The van der Waals surface area contributed by atoms with E-state index in [1.807, 2.05) is 17.5 Å². The zero-order valence-electron chi connectivity index (χ0n) is 10.8. The summed E-state index contributed by atoms with van der Waals surface area (Å²) in [6, 6.07) is 5.34. The lowest BCUT2D eigenvalue weighted by molar-refractivity contribution is 0.465. The number of nitrogens with one attached hydrogen (secondary N) is 2. The highest BCUT2D eigenvalue weighted by Gasteiger charge is 2.21. The molecule has 0 saturated heterocycles. The zero-order chi connectivity index (χ0) is 13.9. The van der Waals surface area contributed by atoms with Crippen LogP contribution < -0.4 is 10.0 Å². The highest BCUT2D eigenvalue weighted by atomic mass is 32.2. The van der Waals surface area contributed by atoms with Gasteiger partial charge in [-0.15, -0.1) is 11.3 Å². The van der Waals surface area contributed by atoms with Crippen LogP contribution in [0.2, 0.25) is 0 Å². The highest BCUT2D eigenvalue weighted by molar-refractivity contribution is 7.89. The van der Waals surface area contributed by atoms with E-state index >= 15 is 0 Å². The molecule has 0 unspecified atom stereocenters. The Morgan fingerprint density at radius 2 is 2.16 bits per heavy atom. The zero-order valence-corrected chi connectivity index (χ0v) is 12.4. The summed E-state index contributed by atoms with van der Waals surface area (Å²) in [4.78, 5) is 1.18. The molecule has 0 radical (unpaired) electrons. The molecule has 0 atom stereocenters. The maximum absolute atomic E-state index is 12.2. The number of hydrogen-bond acceptors (Lipinski definition) is 5. The quantitative estimate of drug-likeness (QED) is 0.854. The monoisotopic (exact) mass is 300 g/mol. The summed E-state index contributed by atoms with van der Waals surface area (Å²) in [6.45, 7) is 2.45. The Bertz CT molecular complexity index is 630. The van der Waals surface area contributed by atoms with E-state index in [0.717, 1.165) is 4.88 Å². The van der Waals surface area contributed by atoms with E-state index < -0.39 is 10.0 Å². The van der Waals surface area contributed by atoms with Crippen LogP contribution in [0.15, 0.2) is 32.9 Å². The molecule has 0 aliphatic carbocycles. The van der Waals surface area contributed by atoms with Crippen LogP contribution in [0.3, 0.4) is 0 Å². The molecule has 19 heavy (non-hydrogen) atoms. The van der Waals surface area contributed by atoms with Crippen molar-refractivity contribution >= 4 is 21.4 Å². The minimum Gasteiger partial charge on any atom is -0.464 e. The third-order valence-electron chi connectivity index (χ3n) is 2.58. The Morgan fingerprint density at radius 3 is 2.79 bits per heavy atom. The van der Waals surface area contributed by atoms with Crippen molar-refractivity contribution in [3.63, 3.8) is 0 Å². The number of rotatable bonds is 6. The molecule has 2 heterocycles. The lowest BCUT2D eigenvalue weighted by Gasteiger charge is -2.03. The van der Waals surface area contributed by atoms with Gasteiger partial charge in [0.15, 0.2) is 0 Å². The predicted octanol–water partition coefficient (Wildman–Crippen LogP) is 1.85. The van der Waals surface area contributed by atoms with Crippen molar-refractivity contribution in [3.05, 3.63) is 40.0 Å². The molecular formula is C12H16N2O3S2. The van der Waals surface area contributed by atoms with Gasteiger partial charge in [-0.25, -0.2) is 13.1 Å². The van der Waals surface area contributed by atoms with E-state index in [4.69, 9.17) is 4.42 Å². The Balaban J connectivity index is 2.14. The fourth-order valence-corrected chi connectivity index (χ4v) is 3.65. The minimum absolute atomic E-state index is 0.203. The Labute approximate surface area is 116 Å². The van der Waals surface area contributed by atoms with Crippen molar-refractivity contribution in [3.8, 4) is 0 Å². The van der Waals surface area contributed by atoms with E-state index in [9.17, 15) is 8.42 Å². The molecule has 104 valence electrons. The second-order valence-electron chi connectivity index (χ2n) is 4.07. The first-order chi connectivity index (χ1) is 9.03. The summed E-state index contributed by atoms with van der Waals surface area (Å²) in [6.07, 6.45) is 0. The van der Waals surface area contributed by atoms with Gasteiger partial charge in [-0.3, -0.25) is 0 Å². The number of hydrogen-bond donors (Lipinski definition) is 2. The molecule has 0 aliphatic rings. The van der Waals surface area contributed by atoms with Gasteiger partial charge in [0, 0.05) is 17.5 Å². The molecule has 0 aromatic carbocycles. The summed E-state index contributed by atoms with van der Waals surface area (Å²) < 4.78 is 32.3. The van der Waals surface area contributed by atoms with E-state index in [1.54, 1.807) is 20.0 Å².